The van der Waals surface area contributed by atoms with Crippen molar-refractivity contribution in [2.24, 2.45) is 5.73 Å². The van der Waals surface area contributed by atoms with E-state index >= 15 is 0 Å². The molecule has 1 heterocycles. The van der Waals surface area contributed by atoms with E-state index in [4.69, 9.17) is 9.92 Å². The smallest absolute Gasteiger partial charge is 0.306 e. The van der Waals surface area contributed by atoms with Crippen molar-refractivity contribution in [2.45, 2.75) is 19.0 Å². The molecule has 118 valence electrons. The number of benzene rings is 1. The minimum absolute atomic E-state index is 0. The molecule has 2 rings (SSSR count). The molecule has 1 aliphatic heterocycles. The number of carbonyl (C=O) groups is 1. The average molecular weight is 400 g/mol. The first-order valence-corrected chi connectivity index (χ1v) is 8.59. The van der Waals surface area contributed by atoms with Crippen LogP contribution < -0.4 is 9.92 Å². The van der Waals surface area contributed by atoms with Crippen molar-refractivity contribution < 1.29 is 17.4 Å². The molecule has 9 heteroatoms. The fourth-order valence-corrected chi connectivity index (χ4v) is 2.85. The van der Waals surface area contributed by atoms with E-state index in [0.717, 1.165) is 16.3 Å². The largest absolute Gasteiger partial charge is 0.383 e. The standard InChI is InChI=1S/C12H15BrN2O4S.ClH/c1-20(17,18)19-9-2-3-10(13)8(6-9)7-15-5-4-11(14)12(15)16;/h2-3,6,11H,4-5,7,14H2,1H3;1H. The van der Waals surface area contributed by atoms with Crippen molar-refractivity contribution in [3.63, 3.8) is 0 Å². The predicted octanol–water partition coefficient (Wildman–Crippen LogP) is 1.27. The molecule has 1 aliphatic rings. The first-order chi connectivity index (χ1) is 9.26. The molecular formula is C12H16BrClN2O4S. The van der Waals surface area contributed by atoms with Gasteiger partial charge in [-0.2, -0.15) is 8.42 Å². The Bertz CT molecular complexity index is 638. The Hall–Kier alpha value is -0.830. The maximum atomic E-state index is 11.8. The number of halogens is 2. The van der Waals surface area contributed by atoms with Gasteiger partial charge in [-0.15, -0.1) is 12.4 Å². The van der Waals surface area contributed by atoms with Crippen LogP contribution >= 0.6 is 28.3 Å². The summed E-state index contributed by atoms with van der Waals surface area (Å²) in [5.41, 5.74) is 6.44. The van der Waals surface area contributed by atoms with Gasteiger partial charge in [0.25, 0.3) is 0 Å². The van der Waals surface area contributed by atoms with Gasteiger partial charge in [-0.25, -0.2) is 0 Å². The van der Waals surface area contributed by atoms with Crippen LogP contribution in [0.1, 0.15) is 12.0 Å². The number of hydrogen-bond donors (Lipinski definition) is 1. The molecule has 0 saturated carbocycles. The molecule has 0 aromatic heterocycles. The van der Waals surface area contributed by atoms with Gasteiger partial charge in [0, 0.05) is 17.6 Å². The monoisotopic (exact) mass is 398 g/mol. The van der Waals surface area contributed by atoms with Gasteiger partial charge in [0.15, 0.2) is 0 Å². The highest BCUT2D eigenvalue weighted by Crippen LogP contribution is 2.26. The van der Waals surface area contributed by atoms with Crippen molar-refractivity contribution >= 4 is 44.4 Å². The summed E-state index contributed by atoms with van der Waals surface area (Å²) >= 11 is 3.38. The van der Waals surface area contributed by atoms with Gasteiger partial charge in [-0.1, -0.05) is 15.9 Å². The lowest BCUT2D eigenvalue weighted by atomic mass is 10.2. The van der Waals surface area contributed by atoms with E-state index in [9.17, 15) is 13.2 Å². The number of hydrogen-bond acceptors (Lipinski definition) is 5. The van der Waals surface area contributed by atoms with Crippen molar-refractivity contribution in [1.82, 2.24) is 4.90 Å². The third-order valence-electron chi connectivity index (χ3n) is 2.96. The van der Waals surface area contributed by atoms with E-state index in [0.29, 0.717) is 19.5 Å². The van der Waals surface area contributed by atoms with Crippen molar-refractivity contribution in [3.8, 4) is 5.75 Å². The lowest BCUT2D eigenvalue weighted by molar-refractivity contribution is -0.129. The van der Waals surface area contributed by atoms with Crippen LogP contribution in [-0.4, -0.2) is 38.1 Å². The highest BCUT2D eigenvalue weighted by atomic mass is 79.9. The molecule has 0 bridgehead atoms. The number of likely N-dealkylation sites (tertiary alicyclic amines) is 1. The van der Waals surface area contributed by atoms with Crippen LogP contribution in [0.15, 0.2) is 22.7 Å². The molecule has 1 aromatic carbocycles. The Morgan fingerprint density at radius 3 is 2.67 bits per heavy atom. The molecule has 1 amide bonds. The number of rotatable bonds is 4. The van der Waals surface area contributed by atoms with Gasteiger partial charge in [0.1, 0.15) is 5.75 Å². The predicted molar refractivity (Wildman–Crippen MR) is 84.9 cm³/mol. The molecule has 1 aromatic rings. The molecule has 6 nitrogen and oxygen atoms in total. The van der Waals surface area contributed by atoms with Crippen LogP contribution in [0.25, 0.3) is 0 Å². The van der Waals surface area contributed by atoms with Gasteiger partial charge in [0.2, 0.25) is 5.91 Å². The van der Waals surface area contributed by atoms with Crippen molar-refractivity contribution in [1.29, 1.82) is 0 Å². The third-order valence-corrected chi connectivity index (χ3v) is 4.23. The zero-order chi connectivity index (χ0) is 14.9. The lowest BCUT2D eigenvalue weighted by Crippen LogP contribution is -2.33. The van der Waals surface area contributed by atoms with Crippen LogP contribution in [0.2, 0.25) is 0 Å². The quantitative estimate of drug-likeness (QED) is 0.770. The van der Waals surface area contributed by atoms with E-state index in [1.54, 1.807) is 23.1 Å². The molecule has 0 spiro atoms. The minimum atomic E-state index is -3.57. The van der Waals surface area contributed by atoms with Gasteiger partial charge >= 0.3 is 10.1 Å². The summed E-state index contributed by atoms with van der Waals surface area (Å²) in [5, 5.41) is 0. The summed E-state index contributed by atoms with van der Waals surface area (Å²) in [6.45, 7) is 0.970. The van der Waals surface area contributed by atoms with Gasteiger partial charge in [0.05, 0.1) is 12.3 Å². The number of amides is 1. The van der Waals surface area contributed by atoms with Crippen molar-refractivity contribution in [3.05, 3.63) is 28.2 Å². The molecule has 1 fully saturated rings. The SMILES string of the molecule is CS(=O)(=O)Oc1ccc(Br)c(CN2CCC(N)C2=O)c1.Cl. The van der Waals surface area contributed by atoms with E-state index in [2.05, 4.69) is 15.9 Å². The Morgan fingerprint density at radius 2 is 2.14 bits per heavy atom. The van der Waals surface area contributed by atoms with Crippen LogP contribution in [0.3, 0.4) is 0 Å². The lowest BCUT2D eigenvalue weighted by Gasteiger charge is -2.17. The van der Waals surface area contributed by atoms with E-state index in [-0.39, 0.29) is 24.1 Å². The molecule has 2 N–H and O–H groups in total. The maximum Gasteiger partial charge on any atom is 0.306 e. The molecule has 21 heavy (non-hydrogen) atoms. The highest BCUT2D eigenvalue weighted by Gasteiger charge is 2.28. The molecule has 1 saturated heterocycles. The molecule has 1 unspecified atom stereocenters. The zero-order valence-corrected chi connectivity index (χ0v) is 14.5. The summed E-state index contributed by atoms with van der Waals surface area (Å²) in [4.78, 5) is 13.4. The molecule has 1 atom stereocenters. The van der Waals surface area contributed by atoms with Crippen LogP contribution in [0.5, 0.6) is 5.75 Å². The summed E-state index contributed by atoms with van der Waals surface area (Å²) in [5.74, 6) is 0.132. The first-order valence-electron chi connectivity index (χ1n) is 5.98. The fourth-order valence-electron chi connectivity index (χ4n) is 2.02. The van der Waals surface area contributed by atoms with Gasteiger partial charge in [-0.05, 0) is 30.2 Å². The van der Waals surface area contributed by atoms with Gasteiger partial charge < -0.3 is 14.8 Å². The first kappa shape index (κ1) is 18.2. The molecular weight excluding hydrogens is 384 g/mol. The van der Waals surface area contributed by atoms with E-state index < -0.39 is 16.2 Å². The van der Waals surface area contributed by atoms with E-state index in [1.165, 1.54) is 0 Å². The summed E-state index contributed by atoms with van der Waals surface area (Å²) in [6.07, 6.45) is 1.62. The van der Waals surface area contributed by atoms with Crippen LogP contribution in [-0.2, 0) is 21.5 Å². The molecule has 0 radical (unpaired) electrons. The summed E-state index contributed by atoms with van der Waals surface area (Å²) < 4.78 is 27.9. The Kier molecular flexibility index (Phi) is 6.03. The number of carbonyl (C=O) groups excluding carboxylic acids is 1. The normalized spacial score (nSPS) is 18.5. The Labute approximate surface area is 138 Å². The second kappa shape index (κ2) is 6.95. The minimum Gasteiger partial charge on any atom is -0.383 e. The zero-order valence-electron chi connectivity index (χ0n) is 11.3. The van der Waals surface area contributed by atoms with E-state index in [1.807, 2.05) is 0 Å². The second-order valence-corrected chi connectivity index (χ2v) is 7.12. The van der Waals surface area contributed by atoms with Gasteiger partial charge in [-0.3, -0.25) is 4.79 Å². The second-order valence-electron chi connectivity index (χ2n) is 4.70. The highest BCUT2D eigenvalue weighted by molar-refractivity contribution is 9.10. The van der Waals surface area contributed by atoms with Crippen LogP contribution in [0.4, 0.5) is 0 Å². The van der Waals surface area contributed by atoms with Crippen molar-refractivity contribution in [2.75, 3.05) is 12.8 Å². The number of nitrogens with zero attached hydrogens (tertiary/aromatic N) is 1. The Balaban J connectivity index is 0.00000220. The summed E-state index contributed by atoms with van der Waals surface area (Å²) in [6, 6.07) is 4.40. The summed E-state index contributed by atoms with van der Waals surface area (Å²) in [7, 11) is -3.57. The number of nitrogens with two attached hydrogens (primary N) is 1. The average Bonchev–Trinajstić information content (AvgIpc) is 2.63. The maximum absolute atomic E-state index is 11.8. The molecule has 0 aliphatic carbocycles. The van der Waals surface area contributed by atoms with Crippen LogP contribution in [0, 0.1) is 0 Å². The topological polar surface area (TPSA) is 89.7 Å². The fraction of sp³-hybridized carbons (Fsp3) is 0.417. The third kappa shape index (κ3) is 4.84. The Morgan fingerprint density at radius 1 is 1.48 bits per heavy atom.